The lowest BCUT2D eigenvalue weighted by molar-refractivity contribution is -0.0514. The fraction of sp³-hybridized carbons (Fsp3) is 0.238. The van der Waals surface area contributed by atoms with E-state index in [1.807, 2.05) is 4.90 Å². The molecular weight excluding hydrogens is 398 g/mol. The number of aromatic nitrogens is 1. The van der Waals surface area contributed by atoms with Gasteiger partial charge in [-0.2, -0.15) is 8.78 Å². The molecule has 30 heavy (non-hydrogen) atoms. The third kappa shape index (κ3) is 4.86. The molecule has 0 radical (unpaired) electrons. The first kappa shape index (κ1) is 21.1. The summed E-state index contributed by atoms with van der Waals surface area (Å²) < 4.78 is 40.9. The number of oxazole rings is 1. The first-order chi connectivity index (χ1) is 14.4. The number of nitrogens with zero attached hydrogens (tertiary/aromatic N) is 2. The zero-order chi connectivity index (χ0) is 21.7. The summed E-state index contributed by atoms with van der Waals surface area (Å²) in [4.78, 5) is 17.1. The highest BCUT2D eigenvalue weighted by Crippen LogP contribution is 2.37. The molecule has 2 aromatic carbocycles. The van der Waals surface area contributed by atoms with Gasteiger partial charge < -0.3 is 23.9 Å². The first-order valence-corrected chi connectivity index (χ1v) is 9.10. The van der Waals surface area contributed by atoms with Gasteiger partial charge in [0.05, 0.1) is 24.4 Å². The van der Waals surface area contributed by atoms with Gasteiger partial charge >= 0.3 is 12.6 Å². The van der Waals surface area contributed by atoms with E-state index < -0.39 is 12.6 Å². The van der Waals surface area contributed by atoms with Crippen molar-refractivity contribution < 1.29 is 32.6 Å². The van der Waals surface area contributed by atoms with Gasteiger partial charge in [0, 0.05) is 17.4 Å². The Bertz CT molecular complexity index is 1000. The average molecular weight is 418 g/mol. The maximum Gasteiger partial charge on any atom is 0.387 e. The lowest BCUT2D eigenvalue weighted by Gasteiger charge is -2.25. The van der Waals surface area contributed by atoms with E-state index in [1.54, 1.807) is 38.1 Å². The predicted molar refractivity (Wildman–Crippen MR) is 105 cm³/mol. The van der Waals surface area contributed by atoms with Gasteiger partial charge in [-0.05, 0) is 50.2 Å². The van der Waals surface area contributed by atoms with E-state index in [2.05, 4.69) is 9.72 Å². The van der Waals surface area contributed by atoms with Crippen LogP contribution in [0.3, 0.4) is 0 Å². The molecular formula is C21H20F2N2O5. The zero-order valence-electron chi connectivity index (χ0n) is 16.3. The highest BCUT2D eigenvalue weighted by atomic mass is 19.3. The number of hydrogen-bond acceptors (Lipinski definition) is 6. The molecule has 0 spiro atoms. The largest absolute Gasteiger partial charge is 0.490 e. The van der Waals surface area contributed by atoms with Crippen molar-refractivity contribution >= 4 is 17.3 Å². The fourth-order valence-electron chi connectivity index (χ4n) is 2.86. The smallest absolute Gasteiger partial charge is 0.387 e. The summed E-state index contributed by atoms with van der Waals surface area (Å²) in [5.41, 5.74) is 2.12. The summed E-state index contributed by atoms with van der Waals surface area (Å²) in [5.74, 6) is -0.348. The van der Waals surface area contributed by atoms with Crippen LogP contribution in [0.1, 0.15) is 28.7 Å². The summed E-state index contributed by atoms with van der Waals surface area (Å²) >= 11 is 0. The van der Waals surface area contributed by atoms with Gasteiger partial charge in [-0.25, -0.2) is 9.78 Å². The SMILES string of the molecule is CCOc1cc(N(Cc2ocnc2C)c2ccc(C(=O)O)cc2)ccc1OC(F)F. The summed E-state index contributed by atoms with van der Waals surface area (Å²) in [6.45, 7) is 1.09. The molecule has 3 rings (SSSR count). The van der Waals surface area contributed by atoms with Crippen LogP contribution in [0.4, 0.5) is 20.2 Å². The number of hydrogen-bond donors (Lipinski definition) is 1. The molecule has 0 fully saturated rings. The van der Waals surface area contributed by atoms with Crippen molar-refractivity contribution in [1.82, 2.24) is 4.98 Å². The Balaban J connectivity index is 2.03. The summed E-state index contributed by atoms with van der Waals surface area (Å²) in [6.07, 6.45) is 1.33. The van der Waals surface area contributed by atoms with Crippen LogP contribution >= 0.6 is 0 Å². The van der Waals surface area contributed by atoms with Crippen LogP contribution in [-0.4, -0.2) is 29.3 Å². The van der Waals surface area contributed by atoms with Crippen molar-refractivity contribution in [2.45, 2.75) is 27.0 Å². The second-order valence-corrected chi connectivity index (χ2v) is 6.24. The second kappa shape index (κ2) is 9.25. The van der Waals surface area contributed by atoms with Gasteiger partial charge in [0.15, 0.2) is 17.9 Å². The Labute approximate surface area is 171 Å². The fourth-order valence-corrected chi connectivity index (χ4v) is 2.86. The molecule has 3 aromatic rings. The molecule has 0 saturated carbocycles. The molecule has 1 aromatic heterocycles. The predicted octanol–water partition coefficient (Wildman–Crippen LogP) is 5.02. The number of rotatable bonds is 9. The van der Waals surface area contributed by atoms with E-state index in [0.717, 1.165) is 0 Å². The third-order valence-electron chi connectivity index (χ3n) is 4.33. The van der Waals surface area contributed by atoms with Gasteiger partial charge in [0.2, 0.25) is 0 Å². The lowest BCUT2D eigenvalue weighted by atomic mass is 10.1. The standard InChI is InChI=1S/C21H20F2N2O5/c1-3-28-18-10-16(8-9-17(18)30-21(22)23)25(11-19-13(2)24-12-29-19)15-6-4-14(5-7-15)20(26)27/h4-10,12,21H,3,11H2,1-2H3,(H,26,27). The molecule has 7 nitrogen and oxygen atoms in total. The Morgan fingerprint density at radius 2 is 1.87 bits per heavy atom. The van der Waals surface area contributed by atoms with Crippen LogP contribution in [0.15, 0.2) is 53.3 Å². The van der Waals surface area contributed by atoms with Crippen molar-refractivity contribution in [1.29, 1.82) is 0 Å². The molecule has 9 heteroatoms. The Morgan fingerprint density at radius 3 is 2.43 bits per heavy atom. The normalized spacial score (nSPS) is 10.8. The molecule has 0 atom stereocenters. The maximum absolute atomic E-state index is 12.7. The molecule has 0 amide bonds. The van der Waals surface area contributed by atoms with Crippen LogP contribution in [-0.2, 0) is 6.54 Å². The van der Waals surface area contributed by atoms with Crippen LogP contribution in [0, 0.1) is 6.92 Å². The van der Waals surface area contributed by atoms with E-state index >= 15 is 0 Å². The molecule has 1 heterocycles. The highest BCUT2D eigenvalue weighted by Gasteiger charge is 2.18. The van der Waals surface area contributed by atoms with Gasteiger partial charge in [-0.3, -0.25) is 0 Å². The molecule has 0 saturated heterocycles. The average Bonchev–Trinajstić information content (AvgIpc) is 3.12. The van der Waals surface area contributed by atoms with Crippen LogP contribution < -0.4 is 14.4 Å². The third-order valence-corrected chi connectivity index (χ3v) is 4.33. The number of halogens is 2. The zero-order valence-corrected chi connectivity index (χ0v) is 16.3. The number of benzene rings is 2. The van der Waals surface area contributed by atoms with Gasteiger partial charge in [-0.15, -0.1) is 0 Å². The minimum Gasteiger partial charge on any atom is -0.490 e. The molecule has 0 bridgehead atoms. The summed E-state index contributed by atoms with van der Waals surface area (Å²) in [6, 6.07) is 10.9. The number of carboxylic acids is 1. The van der Waals surface area contributed by atoms with E-state index in [-0.39, 0.29) is 30.2 Å². The quantitative estimate of drug-likeness (QED) is 0.522. The van der Waals surface area contributed by atoms with E-state index in [4.69, 9.17) is 14.3 Å². The summed E-state index contributed by atoms with van der Waals surface area (Å²) in [5, 5.41) is 9.14. The van der Waals surface area contributed by atoms with Crippen LogP contribution in [0.5, 0.6) is 11.5 Å². The molecule has 0 aliphatic heterocycles. The Kier molecular flexibility index (Phi) is 6.51. The topological polar surface area (TPSA) is 85.0 Å². The Hall–Kier alpha value is -3.62. The number of anilines is 2. The van der Waals surface area contributed by atoms with Crippen molar-refractivity contribution in [2.75, 3.05) is 11.5 Å². The number of aryl methyl sites for hydroxylation is 1. The number of carboxylic acid groups (broad SMARTS) is 1. The Morgan fingerprint density at radius 1 is 1.17 bits per heavy atom. The number of ether oxygens (including phenoxy) is 2. The van der Waals surface area contributed by atoms with Crippen molar-refractivity contribution in [3.8, 4) is 11.5 Å². The number of carbonyl (C=O) groups is 1. The van der Waals surface area contributed by atoms with Gasteiger partial charge in [0.25, 0.3) is 0 Å². The minimum absolute atomic E-state index is 0.0763. The highest BCUT2D eigenvalue weighted by molar-refractivity contribution is 5.88. The summed E-state index contributed by atoms with van der Waals surface area (Å²) in [7, 11) is 0. The minimum atomic E-state index is -2.98. The van der Waals surface area contributed by atoms with E-state index in [9.17, 15) is 13.6 Å². The monoisotopic (exact) mass is 418 g/mol. The van der Waals surface area contributed by atoms with Gasteiger partial charge in [0.1, 0.15) is 5.76 Å². The maximum atomic E-state index is 12.7. The van der Waals surface area contributed by atoms with Crippen molar-refractivity contribution in [2.24, 2.45) is 0 Å². The van der Waals surface area contributed by atoms with Crippen molar-refractivity contribution in [3.05, 3.63) is 65.9 Å². The van der Waals surface area contributed by atoms with Gasteiger partial charge in [-0.1, -0.05) is 0 Å². The molecule has 158 valence electrons. The lowest BCUT2D eigenvalue weighted by Crippen LogP contribution is -2.17. The van der Waals surface area contributed by atoms with Crippen molar-refractivity contribution in [3.63, 3.8) is 0 Å². The second-order valence-electron chi connectivity index (χ2n) is 6.24. The number of alkyl halides is 2. The molecule has 0 unspecified atom stereocenters. The first-order valence-electron chi connectivity index (χ1n) is 9.10. The molecule has 0 aliphatic rings. The van der Waals surface area contributed by atoms with E-state index in [1.165, 1.54) is 24.6 Å². The molecule has 1 N–H and O–H groups in total. The molecule has 0 aliphatic carbocycles. The number of aromatic carboxylic acids is 1. The van der Waals surface area contributed by atoms with Crippen LogP contribution in [0.2, 0.25) is 0 Å². The van der Waals surface area contributed by atoms with Crippen LogP contribution in [0.25, 0.3) is 0 Å². The van der Waals surface area contributed by atoms with E-state index in [0.29, 0.717) is 22.8 Å².